The first-order chi connectivity index (χ1) is 19.6. The Hall–Kier alpha value is -3.22. The number of rotatable bonds is 11. The number of phenolic OH excluding ortho intramolecular Hbond substituents is 1. The fraction of sp³-hybridized carbons (Fsp3) is 0.471. The summed E-state index contributed by atoms with van der Waals surface area (Å²) in [4.78, 5) is 4.79. The number of ether oxygens (including phenoxy) is 2. The molecule has 0 amide bonds. The van der Waals surface area contributed by atoms with Crippen LogP contribution in [-0.4, -0.2) is 61.6 Å². The van der Waals surface area contributed by atoms with Gasteiger partial charge in [0.25, 0.3) is 0 Å². The van der Waals surface area contributed by atoms with Gasteiger partial charge in [-0.25, -0.2) is 0 Å². The molecule has 6 heteroatoms. The third-order valence-corrected chi connectivity index (χ3v) is 8.48. The molecule has 214 valence electrons. The summed E-state index contributed by atoms with van der Waals surface area (Å²) < 4.78 is 11.7. The number of aryl methyl sites for hydroxylation is 1. The highest BCUT2D eigenvalue weighted by Crippen LogP contribution is 2.40. The molecule has 6 nitrogen and oxygen atoms in total. The number of aliphatic hydroxyl groups excluding tert-OH is 1. The second kappa shape index (κ2) is 13.9. The van der Waals surface area contributed by atoms with Gasteiger partial charge in [0, 0.05) is 31.4 Å². The Morgan fingerprint density at radius 2 is 1.68 bits per heavy atom. The number of hydrogen-bond acceptors (Lipinski definition) is 6. The first-order valence-corrected chi connectivity index (χ1v) is 14.9. The number of methoxy groups -OCH3 is 1. The monoisotopic (exact) mass is 544 g/mol. The summed E-state index contributed by atoms with van der Waals surface area (Å²) in [6.45, 7) is 5.36. The van der Waals surface area contributed by atoms with Crippen molar-refractivity contribution in [3.8, 4) is 17.2 Å². The van der Waals surface area contributed by atoms with Crippen LogP contribution in [0.25, 0.3) is 0 Å². The standard InChI is InChI=1S/C34H44N2O4/c1-39-32-14-15-33(29-9-8-28-23-30(38)11-10-27(28)22-29)34(24-32)36(18-20-37)25-26-6-12-31(13-7-26)40-21-19-35-16-4-2-3-5-17-35/h6-7,10-15,23-24,29,37-38H,2-5,8-9,16-22,25H2,1H3. The highest BCUT2D eigenvalue weighted by Gasteiger charge is 2.25. The Bertz CT molecular complexity index is 1220. The Kier molecular flexibility index (Phi) is 9.85. The van der Waals surface area contributed by atoms with Crippen molar-refractivity contribution >= 4 is 5.69 Å². The molecule has 5 rings (SSSR count). The van der Waals surface area contributed by atoms with E-state index in [1.54, 1.807) is 13.2 Å². The van der Waals surface area contributed by atoms with E-state index in [1.165, 1.54) is 61.0 Å². The Balaban J connectivity index is 1.28. The molecule has 1 aliphatic carbocycles. The van der Waals surface area contributed by atoms with Gasteiger partial charge < -0.3 is 24.6 Å². The van der Waals surface area contributed by atoms with Gasteiger partial charge in [-0.15, -0.1) is 0 Å². The Morgan fingerprint density at radius 3 is 2.42 bits per heavy atom. The van der Waals surface area contributed by atoms with E-state index in [1.807, 2.05) is 12.1 Å². The second-order valence-corrected chi connectivity index (χ2v) is 11.2. The number of nitrogens with zero attached hydrogens (tertiary/aromatic N) is 2. The summed E-state index contributed by atoms with van der Waals surface area (Å²) in [7, 11) is 1.70. The van der Waals surface area contributed by atoms with Crippen LogP contribution in [0.5, 0.6) is 17.2 Å². The van der Waals surface area contributed by atoms with E-state index in [2.05, 4.69) is 52.3 Å². The van der Waals surface area contributed by atoms with E-state index in [-0.39, 0.29) is 6.61 Å². The third kappa shape index (κ3) is 7.29. The number of likely N-dealkylation sites (tertiary alicyclic amines) is 1. The molecule has 0 aromatic heterocycles. The lowest BCUT2D eigenvalue weighted by molar-refractivity contribution is 0.214. The quantitative estimate of drug-likeness (QED) is 0.312. The number of phenols is 1. The van der Waals surface area contributed by atoms with E-state index in [9.17, 15) is 10.2 Å². The van der Waals surface area contributed by atoms with Gasteiger partial charge in [0.15, 0.2) is 0 Å². The largest absolute Gasteiger partial charge is 0.508 e. The zero-order valence-corrected chi connectivity index (χ0v) is 23.9. The molecular weight excluding hydrogens is 500 g/mol. The molecule has 0 bridgehead atoms. The minimum atomic E-state index is 0.0706. The van der Waals surface area contributed by atoms with Crippen molar-refractivity contribution < 1.29 is 19.7 Å². The predicted octanol–water partition coefficient (Wildman–Crippen LogP) is 5.93. The van der Waals surface area contributed by atoms with Crippen LogP contribution in [0, 0.1) is 0 Å². The van der Waals surface area contributed by atoms with Gasteiger partial charge in [0.1, 0.15) is 23.9 Å². The highest BCUT2D eigenvalue weighted by atomic mass is 16.5. The molecule has 0 radical (unpaired) electrons. The van der Waals surface area contributed by atoms with Crippen molar-refractivity contribution in [2.24, 2.45) is 0 Å². The lowest BCUT2D eigenvalue weighted by Crippen LogP contribution is -2.29. The maximum atomic E-state index is 10.0. The predicted molar refractivity (Wildman–Crippen MR) is 161 cm³/mol. The van der Waals surface area contributed by atoms with E-state index in [0.717, 1.165) is 43.0 Å². The van der Waals surface area contributed by atoms with Crippen molar-refractivity contribution in [3.63, 3.8) is 0 Å². The van der Waals surface area contributed by atoms with Gasteiger partial charge in [0.05, 0.1) is 13.7 Å². The summed E-state index contributed by atoms with van der Waals surface area (Å²) in [6, 6.07) is 20.5. The maximum Gasteiger partial charge on any atom is 0.120 e. The average molecular weight is 545 g/mol. The van der Waals surface area contributed by atoms with Crippen LogP contribution in [0.15, 0.2) is 60.7 Å². The summed E-state index contributed by atoms with van der Waals surface area (Å²) in [5.74, 6) is 2.42. The molecule has 1 saturated heterocycles. The summed E-state index contributed by atoms with van der Waals surface area (Å²) in [6.07, 6.45) is 8.20. The molecule has 3 aromatic carbocycles. The Morgan fingerprint density at radius 1 is 0.900 bits per heavy atom. The van der Waals surface area contributed by atoms with Gasteiger partial charge in [-0.1, -0.05) is 37.1 Å². The normalized spacial score (nSPS) is 17.6. The van der Waals surface area contributed by atoms with E-state index >= 15 is 0 Å². The summed E-state index contributed by atoms with van der Waals surface area (Å²) in [5, 5.41) is 19.9. The van der Waals surface area contributed by atoms with Gasteiger partial charge in [-0.3, -0.25) is 4.90 Å². The SMILES string of the molecule is COc1ccc(C2CCc3cc(O)ccc3C2)c(N(CCO)Cc2ccc(OCCN3CCCCCC3)cc2)c1. The van der Waals surface area contributed by atoms with E-state index in [4.69, 9.17) is 9.47 Å². The van der Waals surface area contributed by atoms with Crippen LogP contribution < -0.4 is 14.4 Å². The molecule has 3 aromatic rings. The van der Waals surface area contributed by atoms with Gasteiger partial charge in [-0.2, -0.15) is 0 Å². The lowest BCUT2D eigenvalue weighted by atomic mass is 9.79. The van der Waals surface area contributed by atoms with E-state index in [0.29, 0.717) is 31.4 Å². The molecule has 1 fully saturated rings. The molecule has 1 unspecified atom stereocenters. The number of fused-ring (bicyclic) bond motifs is 1. The number of anilines is 1. The molecule has 1 aliphatic heterocycles. The van der Waals surface area contributed by atoms with Crippen molar-refractivity contribution in [1.82, 2.24) is 4.90 Å². The minimum Gasteiger partial charge on any atom is -0.508 e. The first-order valence-electron chi connectivity index (χ1n) is 14.9. The van der Waals surface area contributed by atoms with Gasteiger partial charge in [0.2, 0.25) is 0 Å². The first kappa shape index (κ1) is 28.3. The Labute approximate surface area is 239 Å². The fourth-order valence-corrected chi connectivity index (χ4v) is 6.25. The maximum absolute atomic E-state index is 10.0. The van der Waals surface area contributed by atoms with Crippen molar-refractivity contribution in [2.45, 2.75) is 57.4 Å². The number of aromatic hydroxyl groups is 1. The number of benzene rings is 3. The van der Waals surface area contributed by atoms with Crippen LogP contribution >= 0.6 is 0 Å². The number of hydrogen-bond donors (Lipinski definition) is 2. The number of aliphatic hydroxyl groups is 1. The molecule has 2 N–H and O–H groups in total. The molecule has 2 aliphatic rings. The third-order valence-electron chi connectivity index (χ3n) is 8.48. The average Bonchev–Trinajstić information content (AvgIpc) is 3.26. The molecule has 1 atom stereocenters. The minimum absolute atomic E-state index is 0.0706. The zero-order chi connectivity index (χ0) is 27.7. The van der Waals surface area contributed by atoms with E-state index < -0.39 is 0 Å². The highest BCUT2D eigenvalue weighted by molar-refractivity contribution is 5.60. The molecule has 1 heterocycles. The zero-order valence-electron chi connectivity index (χ0n) is 23.9. The summed E-state index contributed by atoms with van der Waals surface area (Å²) >= 11 is 0. The smallest absolute Gasteiger partial charge is 0.120 e. The van der Waals surface area contributed by atoms with Gasteiger partial charge >= 0.3 is 0 Å². The van der Waals surface area contributed by atoms with Crippen LogP contribution in [0.2, 0.25) is 0 Å². The van der Waals surface area contributed by atoms with Crippen LogP contribution in [0.4, 0.5) is 5.69 Å². The van der Waals surface area contributed by atoms with Crippen LogP contribution in [0.3, 0.4) is 0 Å². The fourth-order valence-electron chi connectivity index (χ4n) is 6.25. The van der Waals surface area contributed by atoms with Crippen molar-refractivity contribution in [1.29, 1.82) is 0 Å². The molecular formula is C34H44N2O4. The summed E-state index contributed by atoms with van der Waals surface area (Å²) in [5.41, 5.74) is 6.11. The second-order valence-electron chi connectivity index (χ2n) is 11.2. The molecule has 40 heavy (non-hydrogen) atoms. The topological polar surface area (TPSA) is 65.4 Å². The van der Waals surface area contributed by atoms with Crippen LogP contribution in [-0.2, 0) is 19.4 Å². The lowest BCUT2D eigenvalue weighted by Gasteiger charge is -2.32. The molecule has 0 saturated carbocycles. The van der Waals surface area contributed by atoms with Crippen molar-refractivity contribution in [2.75, 3.05) is 51.4 Å². The van der Waals surface area contributed by atoms with Crippen molar-refractivity contribution in [3.05, 3.63) is 82.9 Å². The molecule has 0 spiro atoms. The van der Waals surface area contributed by atoms with Crippen LogP contribution in [0.1, 0.15) is 60.3 Å². The van der Waals surface area contributed by atoms with Gasteiger partial charge in [-0.05, 0) is 104 Å².